The van der Waals surface area contributed by atoms with Crippen LogP contribution >= 0.6 is 12.4 Å². The van der Waals surface area contributed by atoms with E-state index in [1.807, 2.05) is 0 Å². The van der Waals surface area contributed by atoms with Crippen LogP contribution in [0.2, 0.25) is 0 Å². The second-order valence-electron chi connectivity index (χ2n) is 5.99. The molecule has 98 valence electrons. The van der Waals surface area contributed by atoms with Crippen molar-refractivity contribution in [1.82, 2.24) is 5.32 Å². The van der Waals surface area contributed by atoms with Gasteiger partial charge >= 0.3 is 0 Å². The maximum Gasteiger partial charge on any atom is 0.00324 e. The molecule has 1 aliphatic heterocycles. The number of nitrogens with one attached hydrogen (secondary N) is 1. The molecule has 1 aromatic rings. The molecule has 0 saturated carbocycles. The number of benzene rings is 1. The highest BCUT2D eigenvalue weighted by atomic mass is 35.5. The summed E-state index contributed by atoms with van der Waals surface area (Å²) in [4.78, 5) is 0. The number of rotatable bonds is 1. The summed E-state index contributed by atoms with van der Waals surface area (Å²) in [5.41, 5.74) is 6.20. The van der Waals surface area contributed by atoms with Gasteiger partial charge in [0.05, 0.1) is 0 Å². The van der Waals surface area contributed by atoms with E-state index in [1.54, 1.807) is 11.1 Å². The number of allylic oxidation sites excluding steroid dienone is 1. The summed E-state index contributed by atoms with van der Waals surface area (Å²) in [6, 6.07) is 6.76. The van der Waals surface area contributed by atoms with Crippen molar-refractivity contribution in [2.75, 3.05) is 13.1 Å². The van der Waals surface area contributed by atoms with Gasteiger partial charge in [-0.2, -0.15) is 0 Å². The first-order chi connectivity index (χ1) is 8.12. The van der Waals surface area contributed by atoms with E-state index < -0.39 is 0 Å². The molecule has 1 fully saturated rings. The molecule has 1 saturated heterocycles. The lowest BCUT2D eigenvalue weighted by molar-refractivity contribution is 0.277. The first kappa shape index (κ1) is 13.6. The van der Waals surface area contributed by atoms with Crippen LogP contribution in [0.25, 0.3) is 5.57 Å². The van der Waals surface area contributed by atoms with Gasteiger partial charge in [-0.05, 0) is 41.9 Å². The molecule has 1 nitrogen and oxygen atoms in total. The van der Waals surface area contributed by atoms with Gasteiger partial charge in [0.2, 0.25) is 0 Å². The van der Waals surface area contributed by atoms with Gasteiger partial charge in [0.15, 0.2) is 0 Å². The number of hydrogen-bond donors (Lipinski definition) is 1. The minimum atomic E-state index is 0. The second kappa shape index (κ2) is 4.71. The first-order valence-corrected chi connectivity index (χ1v) is 6.60. The lowest BCUT2D eigenvalue weighted by Crippen LogP contribution is -2.30. The van der Waals surface area contributed by atoms with E-state index in [9.17, 15) is 0 Å². The standard InChI is InChI=1S/C16H21N.ClH/c1-11(2)12-5-4-6-14-13(12)7-8-16(3)10-17-9-15(14)16;/h4-6,15,17H,1,7-10H2,2-3H3;1H. The Hall–Kier alpha value is -0.790. The summed E-state index contributed by atoms with van der Waals surface area (Å²) in [6.07, 6.45) is 2.52. The van der Waals surface area contributed by atoms with Gasteiger partial charge in [0, 0.05) is 19.0 Å². The van der Waals surface area contributed by atoms with E-state index in [2.05, 4.69) is 43.9 Å². The van der Waals surface area contributed by atoms with Crippen molar-refractivity contribution in [1.29, 1.82) is 0 Å². The fraction of sp³-hybridized carbons (Fsp3) is 0.500. The SMILES string of the molecule is C=C(C)c1cccc2c1CCC1(C)CNCC21.Cl. The molecule has 2 atom stereocenters. The molecule has 1 heterocycles. The lowest BCUT2D eigenvalue weighted by Gasteiger charge is -2.37. The van der Waals surface area contributed by atoms with Crippen molar-refractivity contribution in [2.45, 2.75) is 32.6 Å². The van der Waals surface area contributed by atoms with Crippen LogP contribution in [0.4, 0.5) is 0 Å². The number of hydrogen-bond acceptors (Lipinski definition) is 1. The topological polar surface area (TPSA) is 12.0 Å². The fourth-order valence-corrected chi connectivity index (χ4v) is 3.64. The summed E-state index contributed by atoms with van der Waals surface area (Å²) >= 11 is 0. The van der Waals surface area contributed by atoms with Crippen LogP contribution in [0.3, 0.4) is 0 Å². The van der Waals surface area contributed by atoms with Crippen LogP contribution in [0, 0.1) is 5.41 Å². The highest BCUT2D eigenvalue weighted by Gasteiger charge is 2.43. The van der Waals surface area contributed by atoms with Gasteiger partial charge in [-0.25, -0.2) is 0 Å². The van der Waals surface area contributed by atoms with Gasteiger partial charge in [-0.3, -0.25) is 0 Å². The van der Waals surface area contributed by atoms with Crippen LogP contribution in [0.5, 0.6) is 0 Å². The van der Waals surface area contributed by atoms with Gasteiger partial charge in [-0.1, -0.05) is 37.3 Å². The van der Waals surface area contributed by atoms with E-state index in [-0.39, 0.29) is 12.4 Å². The minimum absolute atomic E-state index is 0. The Morgan fingerprint density at radius 2 is 2.22 bits per heavy atom. The predicted octanol–water partition coefficient (Wildman–Crippen LogP) is 3.78. The molecule has 2 aliphatic rings. The molecular formula is C16H22ClN. The van der Waals surface area contributed by atoms with E-state index >= 15 is 0 Å². The number of halogens is 1. The third kappa shape index (κ3) is 1.90. The highest BCUT2D eigenvalue weighted by molar-refractivity contribution is 5.85. The van der Waals surface area contributed by atoms with Crippen LogP contribution < -0.4 is 5.32 Å². The normalized spacial score (nSPS) is 29.1. The van der Waals surface area contributed by atoms with Crippen molar-refractivity contribution >= 4 is 18.0 Å². The third-order valence-corrected chi connectivity index (χ3v) is 4.71. The Labute approximate surface area is 116 Å². The predicted molar refractivity (Wildman–Crippen MR) is 80.4 cm³/mol. The summed E-state index contributed by atoms with van der Waals surface area (Å²) in [5.74, 6) is 0.700. The van der Waals surface area contributed by atoms with Crippen LogP contribution in [0.1, 0.15) is 42.9 Å². The average Bonchev–Trinajstić information content (AvgIpc) is 2.70. The Morgan fingerprint density at radius 3 is 2.94 bits per heavy atom. The molecule has 18 heavy (non-hydrogen) atoms. The Kier molecular flexibility index (Phi) is 3.57. The van der Waals surface area contributed by atoms with Gasteiger partial charge in [0.25, 0.3) is 0 Å². The molecule has 0 radical (unpaired) electrons. The van der Waals surface area contributed by atoms with Crippen LogP contribution in [0.15, 0.2) is 24.8 Å². The Balaban J connectivity index is 0.00000120. The molecular weight excluding hydrogens is 242 g/mol. The maximum absolute atomic E-state index is 4.12. The average molecular weight is 264 g/mol. The lowest BCUT2D eigenvalue weighted by atomic mass is 9.66. The first-order valence-electron chi connectivity index (χ1n) is 6.60. The molecule has 0 bridgehead atoms. The van der Waals surface area contributed by atoms with Crippen LogP contribution in [-0.4, -0.2) is 13.1 Å². The monoisotopic (exact) mass is 263 g/mol. The van der Waals surface area contributed by atoms with E-state index in [1.165, 1.54) is 30.5 Å². The molecule has 0 aromatic heterocycles. The van der Waals surface area contributed by atoms with Crippen molar-refractivity contribution in [3.8, 4) is 0 Å². The zero-order valence-corrected chi connectivity index (χ0v) is 12.1. The largest absolute Gasteiger partial charge is 0.316 e. The van der Waals surface area contributed by atoms with Crippen molar-refractivity contribution in [2.24, 2.45) is 5.41 Å². The summed E-state index contributed by atoms with van der Waals surface area (Å²) in [7, 11) is 0. The van der Waals surface area contributed by atoms with Gasteiger partial charge in [-0.15, -0.1) is 12.4 Å². The third-order valence-electron chi connectivity index (χ3n) is 4.71. The van der Waals surface area contributed by atoms with E-state index in [0.29, 0.717) is 11.3 Å². The molecule has 0 spiro atoms. The Bertz CT molecular complexity index is 480. The van der Waals surface area contributed by atoms with Gasteiger partial charge in [0.1, 0.15) is 0 Å². The molecule has 1 aliphatic carbocycles. The van der Waals surface area contributed by atoms with E-state index in [4.69, 9.17) is 0 Å². The molecule has 0 amide bonds. The zero-order chi connectivity index (χ0) is 12.0. The minimum Gasteiger partial charge on any atom is -0.316 e. The summed E-state index contributed by atoms with van der Waals surface area (Å²) < 4.78 is 0. The number of fused-ring (bicyclic) bond motifs is 3. The second-order valence-corrected chi connectivity index (χ2v) is 5.99. The molecule has 2 heteroatoms. The quantitative estimate of drug-likeness (QED) is 0.813. The fourth-order valence-electron chi connectivity index (χ4n) is 3.64. The summed E-state index contributed by atoms with van der Waals surface area (Å²) in [5, 5.41) is 3.57. The maximum atomic E-state index is 4.12. The van der Waals surface area contributed by atoms with Gasteiger partial charge < -0.3 is 5.32 Å². The molecule has 1 aromatic carbocycles. The molecule has 1 N–H and O–H groups in total. The smallest absolute Gasteiger partial charge is 0.00324 e. The molecule has 2 unspecified atom stereocenters. The zero-order valence-electron chi connectivity index (χ0n) is 11.3. The van der Waals surface area contributed by atoms with Crippen LogP contribution in [-0.2, 0) is 6.42 Å². The van der Waals surface area contributed by atoms with E-state index in [0.717, 1.165) is 6.54 Å². The van der Waals surface area contributed by atoms with Crippen molar-refractivity contribution in [3.63, 3.8) is 0 Å². The summed E-state index contributed by atoms with van der Waals surface area (Å²) in [6.45, 7) is 11.0. The highest BCUT2D eigenvalue weighted by Crippen LogP contribution is 2.48. The molecule has 3 rings (SSSR count). The Morgan fingerprint density at radius 1 is 1.44 bits per heavy atom. The van der Waals surface area contributed by atoms with Crippen molar-refractivity contribution in [3.05, 3.63) is 41.5 Å². The van der Waals surface area contributed by atoms with Crippen molar-refractivity contribution < 1.29 is 0 Å².